The van der Waals surface area contributed by atoms with Gasteiger partial charge in [-0.05, 0) is 37.6 Å². The summed E-state index contributed by atoms with van der Waals surface area (Å²) < 4.78 is 0. The molecule has 1 aliphatic carbocycles. The number of nitrogens with zero attached hydrogens (tertiary/aromatic N) is 1. The van der Waals surface area contributed by atoms with Crippen LogP contribution < -0.4 is 0 Å². The van der Waals surface area contributed by atoms with Crippen LogP contribution in [0.2, 0.25) is 0 Å². The van der Waals surface area contributed by atoms with Gasteiger partial charge in [0.1, 0.15) is 0 Å². The maximum Gasteiger partial charge on any atom is 0.0695 e. The maximum atomic E-state index is 10.2. The Labute approximate surface area is 107 Å². The third-order valence-corrected chi connectivity index (χ3v) is 4.06. The van der Waals surface area contributed by atoms with Crippen molar-refractivity contribution in [1.82, 2.24) is 4.90 Å². The van der Waals surface area contributed by atoms with Crippen LogP contribution in [0.3, 0.4) is 0 Å². The van der Waals surface area contributed by atoms with E-state index in [9.17, 15) is 5.11 Å². The van der Waals surface area contributed by atoms with Gasteiger partial charge in [0.2, 0.25) is 0 Å². The molecule has 1 N–H and O–H groups in total. The summed E-state index contributed by atoms with van der Waals surface area (Å²) in [6.07, 6.45) is 5.96. The average Bonchev–Trinajstić information content (AvgIpc) is 2.29. The summed E-state index contributed by atoms with van der Waals surface area (Å²) in [6, 6.07) is 0.410. The van der Waals surface area contributed by atoms with Gasteiger partial charge in [0, 0.05) is 12.6 Å². The predicted octanol–water partition coefficient (Wildman–Crippen LogP) is 3.29. The largest absolute Gasteiger partial charge is 0.391 e. The molecule has 1 aliphatic rings. The molecular formula is C15H31NO. The van der Waals surface area contributed by atoms with Crippen molar-refractivity contribution in [3.05, 3.63) is 0 Å². The van der Waals surface area contributed by atoms with E-state index in [0.29, 0.717) is 12.0 Å². The van der Waals surface area contributed by atoms with Gasteiger partial charge in [0.05, 0.1) is 6.10 Å². The first-order valence-corrected chi connectivity index (χ1v) is 7.50. The molecule has 0 aromatic carbocycles. The summed E-state index contributed by atoms with van der Waals surface area (Å²) in [4.78, 5) is 2.50. The Kier molecular flexibility index (Phi) is 6.50. The summed E-state index contributed by atoms with van der Waals surface area (Å²) >= 11 is 0. The summed E-state index contributed by atoms with van der Waals surface area (Å²) in [5, 5.41) is 10.2. The third-order valence-electron chi connectivity index (χ3n) is 4.06. The Morgan fingerprint density at radius 1 is 1.24 bits per heavy atom. The van der Waals surface area contributed by atoms with Gasteiger partial charge in [-0.2, -0.15) is 0 Å². The van der Waals surface area contributed by atoms with Crippen molar-refractivity contribution in [3.8, 4) is 0 Å². The molecule has 0 saturated heterocycles. The van der Waals surface area contributed by atoms with Crippen molar-refractivity contribution in [2.45, 2.75) is 71.9 Å². The highest BCUT2D eigenvalue weighted by atomic mass is 16.3. The van der Waals surface area contributed by atoms with Gasteiger partial charge in [0.15, 0.2) is 0 Å². The molecule has 1 rings (SSSR count). The number of hydrogen-bond donors (Lipinski definition) is 1. The fraction of sp³-hybridized carbons (Fsp3) is 1.00. The van der Waals surface area contributed by atoms with E-state index in [1.54, 1.807) is 0 Å². The summed E-state index contributed by atoms with van der Waals surface area (Å²) in [5.41, 5.74) is 0. The van der Waals surface area contributed by atoms with Crippen LogP contribution in [0.4, 0.5) is 0 Å². The van der Waals surface area contributed by atoms with Crippen LogP contribution in [-0.4, -0.2) is 35.2 Å². The second kappa shape index (κ2) is 7.38. The van der Waals surface area contributed by atoms with Gasteiger partial charge >= 0.3 is 0 Å². The van der Waals surface area contributed by atoms with E-state index in [2.05, 4.69) is 32.6 Å². The molecule has 0 aromatic rings. The number of hydrogen-bond acceptors (Lipinski definition) is 2. The van der Waals surface area contributed by atoms with Gasteiger partial charge in [-0.3, -0.25) is 4.90 Å². The monoisotopic (exact) mass is 241 g/mol. The molecule has 102 valence electrons. The van der Waals surface area contributed by atoms with Crippen molar-refractivity contribution in [2.75, 3.05) is 13.1 Å². The second-order valence-corrected chi connectivity index (χ2v) is 6.08. The van der Waals surface area contributed by atoms with Gasteiger partial charge in [-0.25, -0.2) is 0 Å². The highest BCUT2D eigenvalue weighted by molar-refractivity contribution is 4.86. The molecule has 1 saturated carbocycles. The fourth-order valence-corrected chi connectivity index (χ4v) is 3.25. The number of aliphatic hydroxyl groups is 1. The minimum absolute atomic E-state index is 0.0955. The first-order valence-electron chi connectivity index (χ1n) is 7.50. The van der Waals surface area contributed by atoms with E-state index in [1.807, 2.05) is 0 Å². The lowest BCUT2D eigenvalue weighted by Crippen LogP contribution is -2.48. The van der Waals surface area contributed by atoms with Crippen LogP contribution in [0.15, 0.2) is 0 Å². The number of aliphatic hydroxyl groups excluding tert-OH is 1. The van der Waals surface area contributed by atoms with Crippen LogP contribution in [0.25, 0.3) is 0 Å². The molecule has 0 amide bonds. The lowest BCUT2D eigenvalue weighted by Gasteiger charge is -2.41. The van der Waals surface area contributed by atoms with Crippen molar-refractivity contribution < 1.29 is 5.11 Å². The smallest absolute Gasteiger partial charge is 0.0695 e. The maximum absolute atomic E-state index is 10.2. The zero-order valence-corrected chi connectivity index (χ0v) is 12.2. The molecule has 3 atom stereocenters. The average molecular weight is 241 g/mol. The molecule has 0 aliphatic heterocycles. The first kappa shape index (κ1) is 15.0. The van der Waals surface area contributed by atoms with Crippen molar-refractivity contribution in [2.24, 2.45) is 11.8 Å². The molecule has 0 aromatic heterocycles. The van der Waals surface area contributed by atoms with Gasteiger partial charge < -0.3 is 5.11 Å². The fourth-order valence-electron chi connectivity index (χ4n) is 3.25. The standard InChI is InChI=1S/C15H31NO/c1-5-7-13-8-9-15(17)14(10-13)16(6-2)11-12(3)4/h12-15,17H,5-11H2,1-4H3. The zero-order valence-electron chi connectivity index (χ0n) is 12.2. The molecule has 0 bridgehead atoms. The lowest BCUT2D eigenvalue weighted by atomic mass is 9.80. The minimum atomic E-state index is -0.0955. The van der Waals surface area contributed by atoms with Crippen molar-refractivity contribution >= 4 is 0 Å². The zero-order chi connectivity index (χ0) is 12.8. The van der Waals surface area contributed by atoms with Gasteiger partial charge in [-0.15, -0.1) is 0 Å². The molecule has 17 heavy (non-hydrogen) atoms. The third kappa shape index (κ3) is 4.59. The predicted molar refractivity (Wildman–Crippen MR) is 74.1 cm³/mol. The van der Waals surface area contributed by atoms with Crippen molar-refractivity contribution in [3.63, 3.8) is 0 Å². The highest BCUT2D eigenvalue weighted by Crippen LogP contribution is 2.31. The van der Waals surface area contributed by atoms with E-state index >= 15 is 0 Å². The molecule has 2 heteroatoms. The minimum Gasteiger partial charge on any atom is -0.391 e. The summed E-state index contributed by atoms with van der Waals surface area (Å²) in [5.74, 6) is 1.53. The van der Waals surface area contributed by atoms with E-state index < -0.39 is 0 Å². The normalized spacial score (nSPS) is 30.2. The molecule has 2 nitrogen and oxygen atoms in total. The van der Waals surface area contributed by atoms with Crippen molar-refractivity contribution in [1.29, 1.82) is 0 Å². The molecule has 0 radical (unpaired) electrons. The Morgan fingerprint density at radius 3 is 2.47 bits per heavy atom. The van der Waals surface area contributed by atoms with Crippen LogP contribution in [0.5, 0.6) is 0 Å². The van der Waals surface area contributed by atoms with E-state index in [1.165, 1.54) is 25.7 Å². The van der Waals surface area contributed by atoms with Crippen LogP contribution in [0, 0.1) is 11.8 Å². The molecular weight excluding hydrogens is 210 g/mol. The topological polar surface area (TPSA) is 23.5 Å². The number of likely N-dealkylation sites (N-methyl/N-ethyl adjacent to an activating group) is 1. The quantitative estimate of drug-likeness (QED) is 0.771. The van der Waals surface area contributed by atoms with Crippen LogP contribution in [-0.2, 0) is 0 Å². The molecule has 3 unspecified atom stereocenters. The Hall–Kier alpha value is -0.0800. The van der Waals surface area contributed by atoms with Crippen LogP contribution in [0.1, 0.15) is 59.8 Å². The molecule has 1 fully saturated rings. The second-order valence-electron chi connectivity index (χ2n) is 6.08. The highest BCUT2D eigenvalue weighted by Gasteiger charge is 2.32. The van der Waals surface area contributed by atoms with Gasteiger partial charge in [-0.1, -0.05) is 40.5 Å². The Balaban J connectivity index is 2.57. The Morgan fingerprint density at radius 2 is 1.94 bits per heavy atom. The number of rotatable bonds is 6. The SMILES string of the molecule is CCCC1CCC(O)C(N(CC)CC(C)C)C1. The lowest BCUT2D eigenvalue weighted by molar-refractivity contribution is -0.000735. The van der Waals surface area contributed by atoms with Crippen LogP contribution >= 0.6 is 0 Å². The summed E-state index contributed by atoms with van der Waals surface area (Å²) in [6.45, 7) is 11.2. The molecule has 0 heterocycles. The summed E-state index contributed by atoms with van der Waals surface area (Å²) in [7, 11) is 0. The van der Waals surface area contributed by atoms with E-state index in [4.69, 9.17) is 0 Å². The van der Waals surface area contributed by atoms with E-state index in [0.717, 1.165) is 25.4 Å². The Bertz CT molecular complexity index is 205. The molecule has 0 spiro atoms. The van der Waals surface area contributed by atoms with Gasteiger partial charge in [0.25, 0.3) is 0 Å². The van der Waals surface area contributed by atoms with E-state index in [-0.39, 0.29) is 6.10 Å². The first-order chi connectivity index (χ1) is 8.08.